The highest BCUT2D eigenvalue weighted by molar-refractivity contribution is 7.11. The van der Waals surface area contributed by atoms with Crippen molar-refractivity contribution in [2.24, 2.45) is 0 Å². The maximum atomic E-state index is 8.95. The lowest BCUT2D eigenvalue weighted by molar-refractivity contribution is 0.285. The molecule has 0 atom stereocenters. The number of hydrogen-bond acceptors (Lipinski definition) is 4. The van der Waals surface area contributed by atoms with Crippen LogP contribution in [0.25, 0.3) is 0 Å². The van der Waals surface area contributed by atoms with E-state index in [0.717, 1.165) is 31.8 Å². The molecule has 0 bridgehead atoms. The van der Waals surface area contributed by atoms with Gasteiger partial charge in [-0.1, -0.05) is 11.6 Å². The minimum atomic E-state index is 0.0246. The Morgan fingerprint density at radius 2 is 2.00 bits per heavy atom. The van der Waals surface area contributed by atoms with Crippen LogP contribution in [0.15, 0.2) is 18.3 Å². The largest absolute Gasteiger partial charge is 0.486 e. The van der Waals surface area contributed by atoms with Gasteiger partial charge in [-0.3, -0.25) is 0 Å². The molecule has 1 heterocycles. The molecule has 0 spiro atoms. The van der Waals surface area contributed by atoms with E-state index in [1.54, 1.807) is 6.20 Å². The van der Waals surface area contributed by atoms with Gasteiger partial charge in [0.15, 0.2) is 0 Å². The van der Waals surface area contributed by atoms with E-state index in [9.17, 15) is 0 Å². The van der Waals surface area contributed by atoms with Gasteiger partial charge in [0.05, 0.1) is 11.5 Å². The van der Waals surface area contributed by atoms with E-state index in [0.29, 0.717) is 6.61 Å². The first-order valence-corrected chi connectivity index (χ1v) is 6.73. The van der Waals surface area contributed by atoms with Crippen molar-refractivity contribution in [2.45, 2.75) is 27.1 Å². The smallest absolute Gasteiger partial charge is 0.140 e. The summed E-state index contributed by atoms with van der Waals surface area (Å²) in [5, 5.41) is 10.6. The molecule has 0 aliphatic rings. The number of thiazole rings is 1. The summed E-state index contributed by atoms with van der Waals surface area (Å²) in [7, 11) is 0. The Morgan fingerprint density at radius 1 is 1.33 bits per heavy atom. The van der Waals surface area contributed by atoms with Crippen molar-refractivity contribution >= 4 is 22.9 Å². The fraction of sp³-hybridized carbons (Fsp3) is 0.308. The van der Waals surface area contributed by atoms with Crippen LogP contribution in [0.4, 0.5) is 0 Å². The van der Waals surface area contributed by atoms with Gasteiger partial charge >= 0.3 is 0 Å². The molecule has 0 aliphatic carbocycles. The molecular formula is C13H14ClNO2S. The third-order valence-corrected chi connectivity index (χ3v) is 4.08. The normalized spacial score (nSPS) is 10.7. The monoisotopic (exact) mass is 283 g/mol. The highest BCUT2D eigenvalue weighted by Gasteiger charge is 2.05. The molecule has 5 heteroatoms. The average molecular weight is 284 g/mol. The van der Waals surface area contributed by atoms with Crippen LogP contribution in [0.3, 0.4) is 0 Å². The Bertz CT molecular complexity index is 531. The van der Waals surface area contributed by atoms with Crippen LogP contribution in [-0.2, 0) is 13.2 Å². The van der Waals surface area contributed by atoms with Crippen molar-refractivity contribution in [3.63, 3.8) is 0 Å². The number of aliphatic hydroxyl groups excluding tert-OH is 1. The molecule has 0 fully saturated rings. The molecule has 18 heavy (non-hydrogen) atoms. The Hall–Kier alpha value is -1.10. The summed E-state index contributed by atoms with van der Waals surface area (Å²) in [6, 6.07) is 3.83. The van der Waals surface area contributed by atoms with E-state index in [1.807, 2.05) is 26.0 Å². The molecule has 0 radical (unpaired) electrons. The standard InChI is InChI=1S/C13H14ClNO2S/c1-8-3-10(4-9(2)13(8)14)17-7-12-15-5-11(6-16)18-12/h3-5,16H,6-7H2,1-2H3. The number of nitrogens with zero attached hydrogens (tertiary/aromatic N) is 1. The number of aliphatic hydroxyl groups is 1. The Kier molecular flexibility index (Phi) is 4.22. The first-order valence-electron chi connectivity index (χ1n) is 5.54. The summed E-state index contributed by atoms with van der Waals surface area (Å²) in [4.78, 5) is 5.02. The molecule has 0 saturated heterocycles. The maximum absolute atomic E-state index is 8.95. The Morgan fingerprint density at radius 3 is 2.56 bits per heavy atom. The fourth-order valence-corrected chi connectivity index (χ4v) is 2.43. The van der Waals surface area contributed by atoms with Crippen molar-refractivity contribution in [2.75, 3.05) is 0 Å². The van der Waals surface area contributed by atoms with E-state index in [-0.39, 0.29) is 6.61 Å². The lowest BCUT2D eigenvalue weighted by Crippen LogP contribution is -1.95. The zero-order chi connectivity index (χ0) is 13.1. The summed E-state index contributed by atoms with van der Waals surface area (Å²) < 4.78 is 5.67. The van der Waals surface area contributed by atoms with Crippen LogP contribution in [0.5, 0.6) is 5.75 Å². The number of ether oxygens (including phenoxy) is 1. The molecule has 1 aromatic carbocycles. The molecule has 0 unspecified atom stereocenters. The number of halogens is 1. The molecule has 0 aliphatic heterocycles. The second-order valence-corrected chi connectivity index (χ2v) is 5.62. The van der Waals surface area contributed by atoms with E-state index in [1.165, 1.54) is 11.3 Å². The lowest BCUT2D eigenvalue weighted by Gasteiger charge is -2.08. The number of benzene rings is 1. The van der Waals surface area contributed by atoms with Gasteiger partial charge in [-0.15, -0.1) is 11.3 Å². The highest BCUT2D eigenvalue weighted by Crippen LogP contribution is 2.26. The van der Waals surface area contributed by atoms with Gasteiger partial charge in [-0.05, 0) is 37.1 Å². The van der Waals surface area contributed by atoms with Gasteiger partial charge < -0.3 is 9.84 Å². The van der Waals surface area contributed by atoms with Crippen molar-refractivity contribution in [1.29, 1.82) is 0 Å². The van der Waals surface area contributed by atoms with Crippen molar-refractivity contribution in [3.8, 4) is 5.75 Å². The molecule has 0 amide bonds. The van der Waals surface area contributed by atoms with Crippen LogP contribution < -0.4 is 4.74 Å². The van der Waals surface area contributed by atoms with Crippen LogP contribution in [0, 0.1) is 13.8 Å². The fourth-order valence-electron chi connectivity index (χ4n) is 1.62. The van der Waals surface area contributed by atoms with Crippen molar-refractivity contribution < 1.29 is 9.84 Å². The first kappa shape index (κ1) is 13.3. The number of hydrogen-bond donors (Lipinski definition) is 1. The molecule has 96 valence electrons. The van der Waals surface area contributed by atoms with Crippen LogP contribution in [0.2, 0.25) is 5.02 Å². The first-order chi connectivity index (χ1) is 8.60. The van der Waals surface area contributed by atoms with Crippen LogP contribution >= 0.6 is 22.9 Å². The van der Waals surface area contributed by atoms with Gasteiger partial charge in [-0.25, -0.2) is 4.98 Å². The molecule has 3 nitrogen and oxygen atoms in total. The third-order valence-electron chi connectivity index (χ3n) is 2.53. The second kappa shape index (κ2) is 5.69. The van der Waals surface area contributed by atoms with E-state index in [4.69, 9.17) is 21.4 Å². The van der Waals surface area contributed by atoms with Crippen LogP contribution in [-0.4, -0.2) is 10.1 Å². The molecular weight excluding hydrogens is 270 g/mol. The molecule has 2 rings (SSSR count). The van der Waals surface area contributed by atoms with Gasteiger partial charge in [0.25, 0.3) is 0 Å². The zero-order valence-electron chi connectivity index (χ0n) is 10.2. The van der Waals surface area contributed by atoms with Gasteiger partial charge in [0, 0.05) is 11.2 Å². The topological polar surface area (TPSA) is 42.4 Å². The van der Waals surface area contributed by atoms with E-state index < -0.39 is 0 Å². The van der Waals surface area contributed by atoms with Crippen LogP contribution in [0.1, 0.15) is 21.0 Å². The van der Waals surface area contributed by atoms with Crippen molar-refractivity contribution in [3.05, 3.63) is 44.4 Å². The van der Waals surface area contributed by atoms with Gasteiger partial charge in [-0.2, -0.15) is 0 Å². The quantitative estimate of drug-likeness (QED) is 0.934. The third kappa shape index (κ3) is 3.02. The Labute approximate surface area is 115 Å². The molecule has 2 aromatic rings. The van der Waals surface area contributed by atoms with Gasteiger partial charge in [0.2, 0.25) is 0 Å². The molecule has 0 saturated carbocycles. The van der Waals surface area contributed by atoms with E-state index >= 15 is 0 Å². The summed E-state index contributed by atoms with van der Waals surface area (Å²) >= 11 is 7.55. The number of aromatic nitrogens is 1. The summed E-state index contributed by atoms with van der Waals surface area (Å²) in [5.41, 5.74) is 2.00. The van der Waals surface area contributed by atoms with Crippen molar-refractivity contribution in [1.82, 2.24) is 4.98 Å². The summed E-state index contributed by atoms with van der Waals surface area (Å²) in [6.07, 6.45) is 1.67. The number of rotatable bonds is 4. The van der Waals surface area contributed by atoms with Gasteiger partial charge in [0.1, 0.15) is 17.4 Å². The van der Waals surface area contributed by atoms with E-state index in [2.05, 4.69) is 4.98 Å². The molecule has 1 N–H and O–H groups in total. The second-order valence-electron chi connectivity index (χ2n) is 4.04. The highest BCUT2D eigenvalue weighted by atomic mass is 35.5. The maximum Gasteiger partial charge on any atom is 0.140 e. The summed E-state index contributed by atoms with van der Waals surface area (Å²) in [6.45, 7) is 4.34. The minimum Gasteiger partial charge on any atom is -0.486 e. The lowest BCUT2D eigenvalue weighted by atomic mass is 10.1. The average Bonchev–Trinajstić information content (AvgIpc) is 2.81. The zero-order valence-corrected chi connectivity index (χ0v) is 11.8. The predicted molar refractivity (Wildman–Crippen MR) is 73.3 cm³/mol. The minimum absolute atomic E-state index is 0.0246. The number of aryl methyl sites for hydroxylation is 2. The molecule has 1 aromatic heterocycles. The SMILES string of the molecule is Cc1cc(OCc2ncc(CO)s2)cc(C)c1Cl. The predicted octanol–water partition coefficient (Wildman–Crippen LogP) is 3.48. The summed E-state index contributed by atoms with van der Waals surface area (Å²) in [5.74, 6) is 0.787. The Balaban J connectivity index is 2.06.